The molecule has 1 saturated heterocycles. The molecule has 1 heterocycles. The van der Waals surface area contributed by atoms with Crippen LogP contribution in [0, 0.1) is 11.6 Å². The summed E-state index contributed by atoms with van der Waals surface area (Å²) in [6, 6.07) is 7.61. The van der Waals surface area contributed by atoms with Gasteiger partial charge >= 0.3 is 6.09 Å². The molecule has 0 unspecified atom stereocenters. The molecule has 3 rings (SSSR count). The first-order valence-corrected chi connectivity index (χ1v) is 8.75. The molecule has 0 spiro atoms. The lowest BCUT2D eigenvalue weighted by atomic mass is 9.93. The summed E-state index contributed by atoms with van der Waals surface area (Å²) >= 11 is 5.64. The molecule has 0 aromatic heterocycles. The molecular formula is C19H17ClF2N2O4. The number of carbonyl (C=O) groups excluding carboxylic acids is 2. The van der Waals surface area contributed by atoms with Gasteiger partial charge in [-0.2, -0.15) is 0 Å². The largest absolute Gasteiger partial charge is 0.497 e. The Hall–Kier alpha value is -2.87. The first-order valence-electron chi connectivity index (χ1n) is 8.37. The second kappa shape index (κ2) is 8.43. The van der Waals surface area contributed by atoms with Crippen LogP contribution in [-0.4, -0.2) is 31.7 Å². The van der Waals surface area contributed by atoms with Crippen molar-refractivity contribution in [3.05, 3.63) is 64.2 Å². The Bertz CT molecular complexity index is 869. The normalized spacial score (nSPS) is 18.5. The molecule has 2 aromatic rings. The number of halogens is 3. The van der Waals surface area contributed by atoms with E-state index in [0.29, 0.717) is 11.3 Å². The predicted octanol–water partition coefficient (Wildman–Crippen LogP) is 3.14. The quantitative estimate of drug-likeness (QED) is 0.794. The van der Waals surface area contributed by atoms with Gasteiger partial charge in [-0.1, -0.05) is 23.7 Å². The molecule has 0 aliphatic carbocycles. The van der Waals surface area contributed by atoms with E-state index in [9.17, 15) is 18.4 Å². The van der Waals surface area contributed by atoms with Crippen LogP contribution in [0.5, 0.6) is 5.75 Å². The number of carbonyl (C=O) groups is 2. The number of benzene rings is 2. The molecule has 6 nitrogen and oxygen atoms in total. The summed E-state index contributed by atoms with van der Waals surface area (Å²) in [4.78, 5) is 24.2. The van der Waals surface area contributed by atoms with E-state index < -0.39 is 35.6 Å². The van der Waals surface area contributed by atoms with Crippen molar-refractivity contribution in [2.75, 3.05) is 13.7 Å². The maximum atomic E-state index is 14.2. The highest BCUT2D eigenvalue weighted by molar-refractivity contribution is 6.30. The average Bonchev–Trinajstić information content (AvgIpc) is 3.00. The van der Waals surface area contributed by atoms with Gasteiger partial charge in [-0.3, -0.25) is 4.79 Å². The van der Waals surface area contributed by atoms with E-state index in [-0.39, 0.29) is 23.7 Å². The maximum Gasteiger partial charge on any atom is 0.408 e. The van der Waals surface area contributed by atoms with Crippen molar-refractivity contribution in [1.29, 1.82) is 0 Å². The molecule has 9 heteroatoms. The van der Waals surface area contributed by atoms with Gasteiger partial charge in [-0.15, -0.1) is 0 Å². The lowest BCUT2D eigenvalue weighted by molar-refractivity contribution is -0.120. The summed E-state index contributed by atoms with van der Waals surface area (Å²) in [5.41, 5.74) is 0.390. The minimum absolute atomic E-state index is 0.0300. The maximum absolute atomic E-state index is 14.2. The van der Waals surface area contributed by atoms with Crippen LogP contribution in [0.1, 0.15) is 17.0 Å². The Morgan fingerprint density at radius 1 is 1.25 bits per heavy atom. The van der Waals surface area contributed by atoms with Gasteiger partial charge in [0.1, 0.15) is 30.0 Å². The number of rotatable bonds is 5. The zero-order valence-corrected chi connectivity index (χ0v) is 15.6. The zero-order chi connectivity index (χ0) is 20.3. The van der Waals surface area contributed by atoms with Gasteiger partial charge in [-0.25, -0.2) is 13.6 Å². The molecule has 1 aliphatic heterocycles. The Balaban J connectivity index is 1.67. The van der Waals surface area contributed by atoms with Gasteiger partial charge in [-0.05, 0) is 29.8 Å². The fraction of sp³-hybridized carbons (Fsp3) is 0.263. The molecule has 2 atom stereocenters. The Morgan fingerprint density at radius 3 is 2.50 bits per heavy atom. The van der Waals surface area contributed by atoms with Crippen LogP contribution in [-0.2, 0) is 16.1 Å². The van der Waals surface area contributed by atoms with Crippen LogP contribution in [0.3, 0.4) is 0 Å². The van der Waals surface area contributed by atoms with Gasteiger partial charge < -0.3 is 20.1 Å². The summed E-state index contributed by atoms with van der Waals surface area (Å²) < 4.78 is 38.6. The van der Waals surface area contributed by atoms with Crippen molar-refractivity contribution in [2.24, 2.45) is 0 Å². The van der Waals surface area contributed by atoms with E-state index in [0.717, 1.165) is 12.1 Å². The van der Waals surface area contributed by atoms with E-state index in [4.69, 9.17) is 21.1 Å². The molecule has 0 saturated carbocycles. The second-order valence-electron chi connectivity index (χ2n) is 6.18. The fourth-order valence-electron chi connectivity index (χ4n) is 3.00. The number of hydrogen-bond acceptors (Lipinski definition) is 4. The van der Waals surface area contributed by atoms with Crippen molar-refractivity contribution < 1.29 is 27.8 Å². The average molecular weight is 411 g/mol. The van der Waals surface area contributed by atoms with E-state index in [1.54, 1.807) is 24.3 Å². The third kappa shape index (κ3) is 4.33. The summed E-state index contributed by atoms with van der Waals surface area (Å²) in [5, 5.41) is 4.77. The van der Waals surface area contributed by atoms with Crippen molar-refractivity contribution in [2.45, 2.75) is 18.6 Å². The smallest absolute Gasteiger partial charge is 0.408 e. The summed E-state index contributed by atoms with van der Waals surface area (Å²) in [5.74, 6) is -2.60. The summed E-state index contributed by atoms with van der Waals surface area (Å²) in [7, 11) is 1.54. The third-order valence-electron chi connectivity index (χ3n) is 4.40. The van der Waals surface area contributed by atoms with Gasteiger partial charge in [0.2, 0.25) is 5.91 Å². The molecule has 2 N–H and O–H groups in total. The number of methoxy groups -OCH3 is 1. The van der Waals surface area contributed by atoms with Crippen LogP contribution in [0.2, 0.25) is 5.02 Å². The van der Waals surface area contributed by atoms with Gasteiger partial charge in [0.25, 0.3) is 0 Å². The number of ether oxygens (including phenoxy) is 2. The molecule has 148 valence electrons. The van der Waals surface area contributed by atoms with Crippen LogP contribution < -0.4 is 15.4 Å². The van der Waals surface area contributed by atoms with Crippen molar-refractivity contribution in [1.82, 2.24) is 10.6 Å². The van der Waals surface area contributed by atoms with Crippen LogP contribution in [0.25, 0.3) is 0 Å². The molecule has 28 heavy (non-hydrogen) atoms. The Morgan fingerprint density at radius 2 is 1.89 bits per heavy atom. The second-order valence-corrected chi connectivity index (χ2v) is 6.62. The van der Waals surface area contributed by atoms with Crippen molar-refractivity contribution in [3.8, 4) is 5.75 Å². The standard InChI is InChI=1S/C19H17ClF2N2O4/c1-27-12-4-2-10(3-5-12)9-28-19(26)24-17-13(8-23-18(17)25)16-14(21)6-11(20)7-15(16)22/h2-7,13,17H,8-9H2,1H3,(H,23,25)(H,24,26)/t13-,17-/m0/s1. The van der Waals surface area contributed by atoms with Gasteiger partial charge in [0.05, 0.1) is 7.11 Å². The SMILES string of the molecule is COc1ccc(COC(=O)N[C@@H]2C(=O)NC[C@H]2c2c(F)cc(Cl)cc2F)cc1. The third-order valence-corrected chi connectivity index (χ3v) is 4.62. The highest BCUT2D eigenvalue weighted by atomic mass is 35.5. The number of nitrogens with one attached hydrogen (secondary N) is 2. The first-order chi connectivity index (χ1) is 13.4. The molecular weight excluding hydrogens is 394 g/mol. The number of amides is 2. The highest BCUT2D eigenvalue weighted by Crippen LogP contribution is 2.30. The zero-order valence-electron chi connectivity index (χ0n) is 14.8. The Kier molecular flexibility index (Phi) is 5.99. The van der Waals surface area contributed by atoms with Crippen LogP contribution >= 0.6 is 11.6 Å². The van der Waals surface area contributed by atoms with Crippen LogP contribution in [0.4, 0.5) is 13.6 Å². The topological polar surface area (TPSA) is 76.7 Å². The molecule has 0 radical (unpaired) electrons. The summed E-state index contributed by atoms with van der Waals surface area (Å²) in [6.07, 6.45) is -0.877. The van der Waals surface area contributed by atoms with Gasteiger partial charge in [0, 0.05) is 23.0 Å². The minimum atomic E-state index is -1.17. The van der Waals surface area contributed by atoms with Crippen molar-refractivity contribution in [3.63, 3.8) is 0 Å². The van der Waals surface area contributed by atoms with E-state index in [1.807, 2.05) is 0 Å². The monoisotopic (exact) mass is 410 g/mol. The number of hydrogen-bond donors (Lipinski definition) is 2. The summed E-state index contributed by atoms with van der Waals surface area (Å²) in [6.45, 7) is -0.0732. The van der Waals surface area contributed by atoms with Crippen molar-refractivity contribution >= 4 is 23.6 Å². The molecule has 1 aliphatic rings. The molecule has 2 aromatic carbocycles. The number of alkyl carbamates (subject to hydrolysis) is 1. The van der Waals surface area contributed by atoms with Crippen LogP contribution in [0.15, 0.2) is 36.4 Å². The minimum Gasteiger partial charge on any atom is -0.497 e. The lowest BCUT2D eigenvalue weighted by Crippen LogP contribution is -2.43. The predicted molar refractivity (Wildman–Crippen MR) is 97.2 cm³/mol. The van der Waals surface area contributed by atoms with E-state index >= 15 is 0 Å². The highest BCUT2D eigenvalue weighted by Gasteiger charge is 2.40. The molecule has 2 amide bonds. The molecule has 0 bridgehead atoms. The van der Waals surface area contributed by atoms with E-state index in [2.05, 4.69) is 10.6 Å². The Labute approximate surface area is 164 Å². The first kappa shape index (κ1) is 19.9. The lowest BCUT2D eigenvalue weighted by Gasteiger charge is -2.19. The molecule has 1 fully saturated rings. The fourth-order valence-corrected chi connectivity index (χ4v) is 3.19. The van der Waals surface area contributed by atoms with Gasteiger partial charge in [0.15, 0.2) is 0 Å². The van der Waals surface area contributed by atoms with E-state index in [1.165, 1.54) is 7.11 Å².